The van der Waals surface area contributed by atoms with E-state index in [1.165, 1.54) is 12.1 Å². The third kappa shape index (κ3) is 4.07. The number of ether oxygens (including phenoxy) is 1. The Balaban J connectivity index is 2.01. The fourth-order valence-corrected chi connectivity index (χ4v) is 2.94. The number of hydrogen-bond acceptors (Lipinski definition) is 4. The van der Waals surface area contributed by atoms with Gasteiger partial charge in [0.2, 0.25) is 0 Å². The maximum atomic E-state index is 13.1. The molecule has 122 valence electrons. The van der Waals surface area contributed by atoms with Gasteiger partial charge in [0.25, 0.3) is 5.91 Å². The first kappa shape index (κ1) is 16.9. The van der Waals surface area contributed by atoms with E-state index in [1.54, 1.807) is 12.1 Å². The molecule has 0 bridgehead atoms. The van der Waals surface area contributed by atoms with Crippen molar-refractivity contribution in [2.24, 2.45) is 0 Å². The van der Waals surface area contributed by atoms with Crippen LogP contribution < -0.4 is 5.32 Å². The molecule has 1 aliphatic rings. The molecule has 1 aromatic rings. The monoisotopic (exact) mass is 318 g/mol. The molecule has 5 nitrogen and oxygen atoms in total. The summed E-state index contributed by atoms with van der Waals surface area (Å²) in [6.07, 6.45) is 3.25. The Morgan fingerprint density at radius 3 is 2.52 bits per heavy atom. The normalized spacial score (nSPS) is 15.7. The molecule has 6 heteroatoms. The van der Waals surface area contributed by atoms with Crippen LogP contribution in [0.2, 0.25) is 0 Å². The van der Waals surface area contributed by atoms with Crippen LogP contribution in [0, 0.1) is 17.1 Å². The Morgan fingerprint density at radius 2 is 1.91 bits per heavy atom. The summed E-state index contributed by atoms with van der Waals surface area (Å²) in [5.74, 6) is -1.23. The number of carbonyl (C=O) groups excluding carboxylic acids is 2. The zero-order valence-electron chi connectivity index (χ0n) is 12.8. The van der Waals surface area contributed by atoms with Crippen LogP contribution >= 0.6 is 0 Å². The van der Waals surface area contributed by atoms with E-state index in [0.717, 1.165) is 18.4 Å². The van der Waals surface area contributed by atoms with Crippen LogP contribution in [0.4, 0.5) is 4.39 Å². The predicted octanol–water partition coefficient (Wildman–Crippen LogP) is 2.21. The molecule has 0 aliphatic heterocycles. The SMILES string of the molecule is N#CCCNC(=O)COC(=O)C1(c2ccc(F)cc2)CCCC1. The van der Waals surface area contributed by atoms with Crippen LogP contribution in [-0.2, 0) is 19.7 Å². The predicted molar refractivity (Wildman–Crippen MR) is 80.7 cm³/mol. The lowest BCUT2D eigenvalue weighted by Gasteiger charge is -2.27. The fourth-order valence-electron chi connectivity index (χ4n) is 2.94. The van der Waals surface area contributed by atoms with Crippen molar-refractivity contribution in [3.63, 3.8) is 0 Å². The second-order valence-corrected chi connectivity index (χ2v) is 5.63. The molecule has 1 aromatic carbocycles. The Labute approximate surface area is 134 Å². The second-order valence-electron chi connectivity index (χ2n) is 5.63. The number of amides is 1. The van der Waals surface area contributed by atoms with Gasteiger partial charge in [0.05, 0.1) is 17.9 Å². The Kier molecular flexibility index (Phi) is 5.69. The van der Waals surface area contributed by atoms with Gasteiger partial charge in [-0.1, -0.05) is 25.0 Å². The molecule has 0 aromatic heterocycles. The minimum atomic E-state index is -0.791. The van der Waals surface area contributed by atoms with E-state index in [0.29, 0.717) is 12.8 Å². The van der Waals surface area contributed by atoms with Gasteiger partial charge in [-0.2, -0.15) is 5.26 Å². The third-order valence-electron chi connectivity index (χ3n) is 4.14. The van der Waals surface area contributed by atoms with E-state index in [2.05, 4.69) is 5.32 Å². The molecule has 0 radical (unpaired) electrons. The van der Waals surface area contributed by atoms with Crippen LogP contribution in [0.1, 0.15) is 37.7 Å². The van der Waals surface area contributed by atoms with E-state index in [-0.39, 0.29) is 25.4 Å². The number of nitriles is 1. The average Bonchev–Trinajstić information content (AvgIpc) is 3.04. The van der Waals surface area contributed by atoms with Crippen LogP contribution in [0.15, 0.2) is 24.3 Å². The highest BCUT2D eigenvalue weighted by molar-refractivity contribution is 5.86. The highest BCUT2D eigenvalue weighted by Crippen LogP contribution is 2.42. The maximum absolute atomic E-state index is 13.1. The molecule has 0 saturated heterocycles. The highest BCUT2D eigenvalue weighted by atomic mass is 19.1. The van der Waals surface area contributed by atoms with Crippen LogP contribution in [0.3, 0.4) is 0 Å². The number of nitrogens with zero attached hydrogens (tertiary/aromatic N) is 1. The maximum Gasteiger partial charge on any atom is 0.317 e. The van der Waals surface area contributed by atoms with Crippen molar-refractivity contribution in [2.45, 2.75) is 37.5 Å². The van der Waals surface area contributed by atoms with Crippen molar-refractivity contribution in [2.75, 3.05) is 13.2 Å². The van der Waals surface area contributed by atoms with Crippen molar-refractivity contribution >= 4 is 11.9 Å². The van der Waals surface area contributed by atoms with Crippen LogP contribution in [0.5, 0.6) is 0 Å². The summed E-state index contributed by atoms with van der Waals surface area (Å²) < 4.78 is 18.3. The highest BCUT2D eigenvalue weighted by Gasteiger charge is 2.44. The Bertz CT molecular complexity index is 601. The van der Waals surface area contributed by atoms with Crippen LogP contribution in [0.25, 0.3) is 0 Å². The van der Waals surface area contributed by atoms with Gasteiger partial charge in [-0.3, -0.25) is 9.59 Å². The Hall–Kier alpha value is -2.42. The van der Waals surface area contributed by atoms with Gasteiger partial charge >= 0.3 is 5.97 Å². The number of hydrogen-bond donors (Lipinski definition) is 1. The number of benzene rings is 1. The molecule has 0 unspecified atom stereocenters. The van der Waals surface area contributed by atoms with Gasteiger partial charge in [-0.15, -0.1) is 0 Å². The molecular weight excluding hydrogens is 299 g/mol. The molecular formula is C17H19FN2O3. The number of esters is 1. The van der Waals surface area contributed by atoms with E-state index >= 15 is 0 Å². The first-order valence-electron chi connectivity index (χ1n) is 7.65. The van der Waals surface area contributed by atoms with Gasteiger partial charge < -0.3 is 10.1 Å². The number of halogens is 1. The first-order valence-corrected chi connectivity index (χ1v) is 7.65. The lowest BCUT2D eigenvalue weighted by Crippen LogP contribution is -2.38. The summed E-state index contributed by atoms with van der Waals surface area (Å²) in [6, 6.07) is 7.79. The van der Waals surface area contributed by atoms with E-state index in [4.69, 9.17) is 10.00 Å². The van der Waals surface area contributed by atoms with Crippen molar-refractivity contribution < 1.29 is 18.7 Å². The summed E-state index contributed by atoms with van der Waals surface area (Å²) in [6.45, 7) is -0.136. The lowest BCUT2D eigenvalue weighted by molar-refractivity contribution is -0.154. The summed E-state index contributed by atoms with van der Waals surface area (Å²) in [5.41, 5.74) is -0.0630. The number of rotatable bonds is 6. The quantitative estimate of drug-likeness (QED) is 0.644. The van der Waals surface area contributed by atoms with E-state index in [9.17, 15) is 14.0 Å². The molecule has 1 amide bonds. The topological polar surface area (TPSA) is 79.2 Å². The molecule has 1 N–H and O–H groups in total. The minimum absolute atomic E-state index is 0.208. The number of carbonyl (C=O) groups is 2. The molecule has 2 rings (SSSR count). The van der Waals surface area contributed by atoms with Crippen molar-refractivity contribution in [1.29, 1.82) is 5.26 Å². The van der Waals surface area contributed by atoms with E-state index < -0.39 is 17.3 Å². The first-order chi connectivity index (χ1) is 11.1. The summed E-state index contributed by atoms with van der Waals surface area (Å²) in [4.78, 5) is 24.1. The molecule has 1 saturated carbocycles. The molecule has 0 heterocycles. The standard InChI is InChI=1S/C17H19FN2O3/c18-14-6-4-13(5-7-14)17(8-1-2-9-17)16(22)23-12-15(21)20-11-3-10-19/h4-7H,1-3,8-9,11-12H2,(H,20,21). The fraction of sp³-hybridized carbons (Fsp3) is 0.471. The van der Waals surface area contributed by atoms with Gasteiger partial charge in [-0.25, -0.2) is 4.39 Å². The minimum Gasteiger partial charge on any atom is -0.455 e. The van der Waals surface area contributed by atoms with Crippen LogP contribution in [-0.4, -0.2) is 25.0 Å². The zero-order chi connectivity index (χ0) is 16.7. The molecule has 23 heavy (non-hydrogen) atoms. The van der Waals surface area contributed by atoms with Crippen molar-refractivity contribution in [3.05, 3.63) is 35.6 Å². The van der Waals surface area contributed by atoms with Gasteiger partial charge in [0, 0.05) is 6.54 Å². The summed E-state index contributed by atoms with van der Waals surface area (Å²) in [5, 5.41) is 10.9. The average molecular weight is 318 g/mol. The lowest BCUT2D eigenvalue weighted by atomic mass is 9.79. The largest absolute Gasteiger partial charge is 0.455 e. The molecule has 0 atom stereocenters. The molecule has 1 fully saturated rings. The molecule has 0 spiro atoms. The Morgan fingerprint density at radius 1 is 1.26 bits per heavy atom. The third-order valence-corrected chi connectivity index (χ3v) is 4.14. The van der Waals surface area contributed by atoms with Gasteiger partial charge in [-0.05, 0) is 30.5 Å². The van der Waals surface area contributed by atoms with E-state index in [1.807, 2.05) is 6.07 Å². The van der Waals surface area contributed by atoms with Gasteiger partial charge in [0.15, 0.2) is 6.61 Å². The molecule has 1 aliphatic carbocycles. The number of nitrogens with one attached hydrogen (secondary N) is 1. The summed E-state index contributed by atoms with van der Waals surface area (Å²) in [7, 11) is 0. The van der Waals surface area contributed by atoms with Crippen molar-refractivity contribution in [1.82, 2.24) is 5.32 Å². The summed E-state index contributed by atoms with van der Waals surface area (Å²) >= 11 is 0. The van der Waals surface area contributed by atoms with Gasteiger partial charge in [0.1, 0.15) is 5.82 Å². The van der Waals surface area contributed by atoms with Crippen molar-refractivity contribution in [3.8, 4) is 6.07 Å². The second kappa shape index (κ2) is 7.73. The smallest absolute Gasteiger partial charge is 0.317 e. The zero-order valence-corrected chi connectivity index (χ0v) is 12.8.